The van der Waals surface area contributed by atoms with Gasteiger partial charge in [-0.3, -0.25) is 4.79 Å². The zero-order valence-electron chi connectivity index (χ0n) is 13.2. The minimum atomic E-state index is -0.292. The molecule has 3 amide bonds. The quantitative estimate of drug-likeness (QED) is 0.881. The molecule has 0 aliphatic carbocycles. The van der Waals surface area contributed by atoms with Crippen molar-refractivity contribution in [3.63, 3.8) is 0 Å². The number of piperazine rings is 1. The van der Waals surface area contributed by atoms with Crippen LogP contribution in [0.4, 0.5) is 10.5 Å². The number of rotatable bonds is 2. The van der Waals surface area contributed by atoms with Crippen LogP contribution in [0.1, 0.15) is 11.1 Å². The third kappa shape index (κ3) is 3.33. The Morgan fingerprint density at radius 1 is 1.35 bits per heavy atom. The molecule has 1 aromatic heterocycles. The molecule has 0 saturated carbocycles. The number of anilines is 1. The topological polar surface area (TPSA) is 79.3 Å². The van der Waals surface area contributed by atoms with Crippen molar-refractivity contribution in [2.45, 2.75) is 13.8 Å². The van der Waals surface area contributed by atoms with E-state index in [1.54, 1.807) is 17.1 Å². The lowest BCUT2D eigenvalue weighted by atomic mass is 10.1. The summed E-state index contributed by atoms with van der Waals surface area (Å²) in [5.74, 6) is -0.141. The summed E-state index contributed by atoms with van der Waals surface area (Å²) in [6.45, 7) is 5.13. The first kappa shape index (κ1) is 15.1. The molecule has 1 aliphatic rings. The standard InChI is InChI=1S/C16H19N5O2/c1-11-3-4-14(12(2)7-11)21-9-13(8-18-21)19-16(23)20-6-5-17-15(22)10-20/h3-4,7-9H,5-6,10H2,1-2H3,(H,17,22)(H,19,23). The Kier molecular flexibility index (Phi) is 4.01. The predicted octanol–water partition coefficient (Wildman–Crippen LogP) is 1.45. The Morgan fingerprint density at radius 2 is 2.17 bits per heavy atom. The zero-order valence-corrected chi connectivity index (χ0v) is 13.2. The van der Waals surface area contributed by atoms with Crippen LogP contribution in [-0.2, 0) is 4.79 Å². The number of carbonyl (C=O) groups excluding carboxylic acids is 2. The van der Waals surface area contributed by atoms with Crippen LogP contribution in [0.2, 0.25) is 0 Å². The van der Waals surface area contributed by atoms with Crippen LogP contribution in [0, 0.1) is 13.8 Å². The molecule has 7 nitrogen and oxygen atoms in total. The second-order valence-electron chi connectivity index (χ2n) is 5.67. The zero-order chi connectivity index (χ0) is 16.4. The van der Waals surface area contributed by atoms with Gasteiger partial charge in [0.2, 0.25) is 5.91 Å². The molecule has 1 aliphatic heterocycles. The highest BCUT2D eigenvalue weighted by Crippen LogP contribution is 2.17. The summed E-state index contributed by atoms with van der Waals surface area (Å²) >= 11 is 0. The minimum Gasteiger partial charge on any atom is -0.353 e. The molecule has 0 atom stereocenters. The second-order valence-corrected chi connectivity index (χ2v) is 5.67. The van der Waals surface area contributed by atoms with Crippen molar-refractivity contribution in [1.29, 1.82) is 0 Å². The first-order valence-corrected chi connectivity index (χ1v) is 7.48. The smallest absolute Gasteiger partial charge is 0.322 e. The van der Waals surface area contributed by atoms with Gasteiger partial charge in [0, 0.05) is 13.1 Å². The van der Waals surface area contributed by atoms with Crippen LogP contribution in [0.5, 0.6) is 0 Å². The maximum Gasteiger partial charge on any atom is 0.322 e. The molecule has 23 heavy (non-hydrogen) atoms. The van der Waals surface area contributed by atoms with Gasteiger partial charge < -0.3 is 15.5 Å². The largest absolute Gasteiger partial charge is 0.353 e. The molecule has 1 aromatic carbocycles. The van der Waals surface area contributed by atoms with Gasteiger partial charge in [-0.25, -0.2) is 9.48 Å². The van der Waals surface area contributed by atoms with E-state index in [-0.39, 0.29) is 18.5 Å². The first-order valence-electron chi connectivity index (χ1n) is 7.48. The molecule has 2 N–H and O–H groups in total. The Labute approximate surface area is 134 Å². The average molecular weight is 313 g/mol. The molecular weight excluding hydrogens is 294 g/mol. The number of urea groups is 1. The number of hydrogen-bond donors (Lipinski definition) is 2. The summed E-state index contributed by atoms with van der Waals surface area (Å²) in [5.41, 5.74) is 3.86. The van der Waals surface area contributed by atoms with E-state index in [0.29, 0.717) is 18.8 Å². The molecule has 0 spiro atoms. The molecule has 1 fully saturated rings. The summed E-state index contributed by atoms with van der Waals surface area (Å²) in [7, 11) is 0. The van der Waals surface area contributed by atoms with E-state index in [0.717, 1.165) is 11.3 Å². The molecule has 0 unspecified atom stereocenters. The number of benzene rings is 1. The molecule has 7 heteroatoms. The highest BCUT2D eigenvalue weighted by atomic mass is 16.2. The Balaban J connectivity index is 1.72. The molecule has 0 radical (unpaired) electrons. The number of amides is 3. The SMILES string of the molecule is Cc1ccc(-n2cc(NC(=O)N3CCNC(=O)C3)cn2)c(C)c1. The summed E-state index contributed by atoms with van der Waals surface area (Å²) in [5, 5.41) is 9.76. The van der Waals surface area contributed by atoms with Gasteiger partial charge in [0.15, 0.2) is 0 Å². The van der Waals surface area contributed by atoms with Gasteiger partial charge >= 0.3 is 6.03 Å². The maximum absolute atomic E-state index is 12.2. The molecule has 0 bridgehead atoms. The van der Waals surface area contributed by atoms with Gasteiger partial charge in [-0.1, -0.05) is 17.7 Å². The van der Waals surface area contributed by atoms with Crippen molar-refractivity contribution >= 4 is 17.6 Å². The van der Waals surface area contributed by atoms with Crippen LogP contribution in [0.25, 0.3) is 5.69 Å². The number of nitrogens with one attached hydrogen (secondary N) is 2. The highest BCUT2D eigenvalue weighted by molar-refractivity contribution is 5.92. The summed E-state index contributed by atoms with van der Waals surface area (Å²) in [4.78, 5) is 25.0. The van der Waals surface area contributed by atoms with E-state index in [4.69, 9.17) is 0 Å². The van der Waals surface area contributed by atoms with Gasteiger partial charge in [-0.05, 0) is 25.5 Å². The fourth-order valence-electron chi connectivity index (χ4n) is 2.60. The maximum atomic E-state index is 12.2. The lowest BCUT2D eigenvalue weighted by molar-refractivity contribution is -0.123. The minimum absolute atomic E-state index is 0.0804. The Morgan fingerprint density at radius 3 is 2.91 bits per heavy atom. The number of aryl methyl sites for hydroxylation is 2. The van der Waals surface area contributed by atoms with Crippen molar-refractivity contribution in [2.24, 2.45) is 0 Å². The van der Waals surface area contributed by atoms with E-state index < -0.39 is 0 Å². The van der Waals surface area contributed by atoms with E-state index in [1.165, 1.54) is 10.5 Å². The van der Waals surface area contributed by atoms with Crippen molar-refractivity contribution in [3.05, 3.63) is 41.7 Å². The van der Waals surface area contributed by atoms with Crippen LogP contribution in [0.3, 0.4) is 0 Å². The second kappa shape index (κ2) is 6.12. The highest BCUT2D eigenvalue weighted by Gasteiger charge is 2.21. The van der Waals surface area contributed by atoms with Gasteiger partial charge in [0.25, 0.3) is 0 Å². The first-order chi connectivity index (χ1) is 11.0. The van der Waals surface area contributed by atoms with Crippen LogP contribution in [0.15, 0.2) is 30.6 Å². The van der Waals surface area contributed by atoms with E-state index >= 15 is 0 Å². The number of nitrogens with zero attached hydrogens (tertiary/aromatic N) is 3. The van der Waals surface area contributed by atoms with Gasteiger partial charge in [0.05, 0.1) is 23.8 Å². The summed E-state index contributed by atoms with van der Waals surface area (Å²) in [6.07, 6.45) is 3.36. The lowest BCUT2D eigenvalue weighted by Gasteiger charge is -2.26. The van der Waals surface area contributed by atoms with E-state index in [9.17, 15) is 9.59 Å². The van der Waals surface area contributed by atoms with Crippen LogP contribution in [-0.4, -0.2) is 46.3 Å². The van der Waals surface area contributed by atoms with Gasteiger partial charge in [-0.15, -0.1) is 0 Å². The molecular formula is C16H19N5O2. The number of carbonyl (C=O) groups is 2. The molecule has 2 aromatic rings. The molecule has 120 valence electrons. The molecule has 3 rings (SSSR count). The fourth-order valence-corrected chi connectivity index (χ4v) is 2.60. The van der Waals surface area contributed by atoms with Gasteiger partial charge in [0.1, 0.15) is 6.54 Å². The third-order valence-corrected chi connectivity index (χ3v) is 3.76. The fraction of sp³-hybridized carbons (Fsp3) is 0.312. The van der Waals surface area contributed by atoms with Crippen molar-refractivity contribution in [1.82, 2.24) is 20.0 Å². The van der Waals surface area contributed by atoms with Gasteiger partial charge in [-0.2, -0.15) is 5.10 Å². The summed E-state index contributed by atoms with van der Waals surface area (Å²) in [6, 6.07) is 5.81. The molecule has 1 saturated heterocycles. The monoisotopic (exact) mass is 313 g/mol. The van der Waals surface area contributed by atoms with Crippen molar-refractivity contribution < 1.29 is 9.59 Å². The number of hydrogen-bond acceptors (Lipinski definition) is 3. The van der Waals surface area contributed by atoms with Crippen molar-refractivity contribution in [3.8, 4) is 5.69 Å². The third-order valence-electron chi connectivity index (χ3n) is 3.76. The number of aromatic nitrogens is 2. The van der Waals surface area contributed by atoms with Crippen LogP contribution < -0.4 is 10.6 Å². The molecule has 2 heterocycles. The normalized spacial score (nSPS) is 14.5. The van der Waals surface area contributed by atoms with Crippen LogP contribution >= 0.6 is 0 Å². The Bertz CT molecular complexity index is 753. The summed E-state index contributed by atoms with van der Waals surface area (Å²) < 4.78 is 1.73. The van der Waals surface area contributed by atoms with E-state index in [2.05, 4.69) is 21.8 Å². The lowest BCUT2D eigenvalue weighted by Crippen LogP contribution is -2.51. The van der Waals surface area contributed by atoms with Crippen molar-refractivity contribution in [2.75, 3.05) is 25.0 Å². The average Bonchev–Trinajstić information content (AvgIpc) is 2.95. The predicted molar refractivity (Wildman–Crippen MR) is 86.6 cm³/mol. The Hall–Kier alpha value is -2.83. The van der Waals surface area contributed by atoms with E-state index in [1.807, 2.05) is 26.0 Å².